The average molecular weight is 339 g/mol. The number of imidazole rings is 1. The fraction of sp³-hybridized carbons (Fsp3) is 0.294. The lowest BCUT2D eigenvalue weighted by molar-refractivity contribution is -0.116. The van der Waals surface area contributed by atoms with E-state index < -0.39 is 0 Å². The van der Waals surface area contributed by atoms with Crippen LogP contribution in [-0.2, 0) is 11.3 Å². The van der Waals surface area contributed by atoms with Crippen LogP contribution in [0.1, 0.15) is 25.5 Å². The first kappa shape index (κ1) is 15.0. The molecule has 0 N–H and O–H groups in total. The zero-order valence-corrected chi connectivity index (χ0v) is 14.1. The Morgan fingerprint density at radius 2 is 2.21 bits per heavy atom. The van der Waals surface area contributed by atoms with Crippen LogP contribution in [0.3, 0.4) is 0 Å². The van der Waals surface area contributed by atoms with Crippen LogP contribution in [0.2, 0.25) is 0 Å². The fourth-order valence-corrected chi connectivity index (χ4v) is 3.63. The summed E-state index contributed by atoms with van der Waals surface area (Å²) in [5.41, 5.74) is 1.76. The highest BCUT2D eigenvalue weighted by molar-refractivity contribution is 7.14. The maximum absolute atomic E-state index is 11.9. The Labute approximate surface area is 143 Å². The molecule has 0 saturated heterocycles. The maximum Gasteiger partial charge on any atom is 0.225 e. The van der Waals surface area contributed by atoms with Gasteiger partial charge in [0.2, 0.25) is 5.91 Å². The van der Waals surface area contributed by atoms with Crippen LogP contribution in [0.5, 0.6) is 0 Å². The highest BCUT2D eigenvalue weighted by Crippen LogP contribution is 2.33. The molecule has 7 heteroatoms. The van der Waals surface area contributed by atoms with Gasteiger partial charge in [0.15, 0.2) is 11.0 Å². The van der Waals surface area contributed by atoms with Gasteiger partial charge in [0.1, 0.15) is 5.69 Å². The molecule has 1 saturated carbocycles. The van der Waals surface area contributed by atoms with Gasteiger partial charge in [-0.3, -0.25) is 14.7 Å². The molecule has 3 aromatic rings. The highest BCUT2D eigenvalue weighted by Gasteiger charge is 2.33. The Hall–Kier alpha value is -2.54. The summed E-state index contributed by atoms with van der Waals surface area (Å²) in [6.45, 7) is 2.22. The molecule has 0 atom stereocenters. The van der Waals surface area contributed by atoms with Crippen molar-refractivity contribution in [1.29, 1.82) is 0 Å². The van der Waals surface area contributed by atoms with E-state index in [2.05, 4.69) is 15.0 Å². The number of hydrogen-bond acceptors (Lipinski definition) is 5. The third kappa shape index (κ3) is 2.94. The number of rotatable bonds is 5. The lowest BCUT2D eigenvalue weighted by Gasteiger charge is -2.16. The van der Waals surface area contributed by atoms with Gasteiger partial charge in [-0.2, -0.15) is 0 Å². The summed E-state index contributed by atoms with van der Waals surface area (Å²) >= 11 is 1.52. The van der Waals surface area contributed by atoms with Gasteiger partial charge < -0.3 is 4.57 Å². The van der Waals surface area contributed by atoms with Crippen LogP contribution < -0.4 is 4.90 Å². The second-order valence-corrected chi connectivity index (χ2v) is 6.67. The van der Waals surface area contributed by atoms with Crippen LogP contribution in [0, 0.1) is 0 Å². The minimum atomic E-state index is 0.0650. The van der Waals surface area contributed by atoms with Gasteiger partial charge in [-0.25, -0.2) is 9.97 Å². The Morgan fingerprint density at radius 1 is 1.33 bits per heavy atom. The molecule has 0 unspecified atom stereocenters. The SMILES string of the molecule is CC(=O)N(c1nc(Cn2ccnc2-c2ccccn2)cs1)C1CC1. The van der Waals surface area contributed by atoms with Gasteiger partial charge in [-0.15, -0.1) is 11.3 Å². The predicted molar refractivity (Wildman–Crippen MR) is 92.9 cm³/mol. The summed E-state index contributed by atoms with van der Waals surface area (Å²) in [6, 6.07) is 6.11. The van der Waals surface area contributed by atoms with Gasteiger partial charge in [-0.1, -0.05) is 6.07 Å². The van der Waals surface area contributed by atoms with E-state index in [0.717, 1.165) is 35.2 Å². The lowest BCUT2D eigenvalue weighted by atomic mass is 10.3. The van der Waals surface area contributed by atoms with Gasteiger partial charge in [0, 0.05) is 36.9 Å². The molecule has 0 radical (unpaired) electrons. The Morgan fingerprint density at radius 3 is 2.92 bits per heavy atom. The molecule has 24 heavy (non-hydrogen) atoms. The first-order valence-corrected chi connectivity index (χ1v) is 8.77. The molecule has 0 aliphatic heterocycles. The van der Waals surface area contributed by atoms with E-state index in [1.54, 1.807) is 19.3 Å². The molecule has 3 heterocycles. The lowest BCUT2D eigenvalue weighted by Crippen LogP contribution is -2.30. The van der Waals surface area contributed by atoms with Crippen molar-refractivity contribution in [2.45, 2.75) is 32.4 Å². The van der Waals surface area contributed by atoms with Crippen LogP contribution in [0.15, 0.2) is 42.2 Å². The molecule has 3 aromatic heterocycles. The zero-order valence-electron chi connectivity index (χ0n) is 13.3. The smallest absolute Gasteiger partial charge is 0.225 e. The van der Waals surface area contributed by atoms with Crippen molar-refractivity contribution in [3.05, 3.63) is 47.9 Å². The van der Waals surface area contributed by atoms with E-state index in [1.165, 1.54) is 11.3 Å². The third-order valence-corrected chi connectivity index (χ3v) is 4.83. The third-order valence-electron chi connectivity index (χ3n) is 3.94. The largest absolute Gasteiger partial charge is 0.324 e. The quantitative estimate of drug-likeness (QED) is 0.717. The van der Waals surface area contributed by atoms with E-state index in [0.29, 0.717) is 12.6 Å². The Balaban J connectivity index is 1.57. The minimum absolute atomic E-state index is 0.0650. The van der Waals surface area contributed by atoms with E-state index in [4.69, 9.17) is 0 Å². The first-order chi connectivity index (χ1) is 11.7. The maximum atomic E-state index is 11.9. The molecule has 0 spiro atoms. The summed E-state index contributed by atoms with van der Waals surface area (Å²) in [6.07, 6.45) is 7.59. The highest BCUT2D eigenvalue weighted by atomic mass is 32.1. The number of amides is 1. The number of pyridine rings is 1. The molecular formula is C17H17N5OS. The van der Waals surface area contributed by atoms with Crippen LogP contribution in [0.25, 0.3) is 11.5 Å². The van der Waals surface area contributed by atoms with Crippen molar-refractivity contribution in [1.82, 2.24) is 19.5 Å². The van der Waals surface area contributed by atoms with E-state index >= 15 is 0 Å². The van der Waals surface area contributed by atoms with Gasteiger partial charge in [0.05, 0.1) is 12.2 Å². The van der Waals surface area contributed by atoms with E-state index in [-0.39, 0.29) is 5.91 Å². The van der Waals surface area contributed by atoms with Crippen molar-refractivity contribution < 1.29 is 4.79 Å². The second-order valence-electron chi connectivity index (χ2n) is 5.84. The van der Waals surface area contributed by atoms with Crippen molar-refractivity contribution in [3.8, 4) is 11.5 Å². The summed E-state index contributed by atoms with van der Waals surface area (Å²) in [5.74, 6) is 0.881. The molecule has 0 bridgehead atoms. The van der Waals surface area contributed by atoms with E-state index in [1.807, 2.05) is 39.2 Å². The van der Waals surface area contributed by atoms with Crippen molar-refractivity contribution in [2.75, 3.05) is 4.90 Å². The predicted octanol–water partition coefficient (Wildman–Crippen LogP) is 2.97. The van der Waals surface area contributed by atoms with Gasteiger partial charge >= 0.3 is 0 Å². The Bertz CT molecular complexity index is 853. The van der Waals surface area contributed by atoms with Crippen molar-refractivity contribution in [2.24, 2.45) is 0 Å². The summed E-state index contributed by atoms with van der Waals surface area (Å²) < 4.78 is 2.02. The van der Waals surface area contributed by atoms with Gasteiger partial charge in [-0.05, 0) is 25.0 Å². The average Bonchev–Trinajstić information content (AvgIpc) is 3.12. The minimum Gasteiger partial charge on any atom is -0.324 e. The standard InChI is InChI=1S/C17H17N5OS/c1-12(23)22(14-5-6-14)17-20-13(11-24-17)10-21-9-8-19-16(21)15-4-2-3-7-18-15/h2-4,7-9,11,14H,5-6,10H2,1H3. The molecule has 6 nitrogen and oxygen atoms in total. The molecule has 4 rings (SSSR count). The summed E-state index contributed by atoms with van der Waals surface area (Å²) in [5, 5.41) is 2.80. The zero-order chi connectivity index (χ0) is 16.5. The molecular weight excluding hydrogens is 322 g/mol. The molecule has 122 valence electrons. The van der Waals surface area contributed by atoms with Gasteiger partial charge in [0.25, 0.3) is 0 Å². The monoisotopic (exact) mass is 339 g/mol. The number of thiazole rings is 1. The molecule has 1 fully saturated rings. The normalized spacial score (nSPS) is 13.9. The molecule has 1 amide bonds. The number of anilines is 1. The van der Waals surface area contributed by atoms with E-state index in [9.17, 15) is 4.79 Å². The number of carbonyl (C=O) groups excluding carboxylic acids is 1. The number of nitrogens with zero attached hydrogens (tertiary/aromatic N) is 5. The Kier molecular flexibility index (Phi) is 3.86. The summed E-state index contributed by atoms with van der Waals surface area (Å²) in [7, 11) is 0. The van der Waals surface area contributed by atoms with Crippen LogP contribution in [-0.4, -0.2) is 31.5 Å². The van der Waals surface area contributed by atoms with Crippen molar-refractivity contribution >= 4 is 22.4 Å². The number of aromatic nitrogens is 4. The summed E-state index contributed by atoms with van der Waals surface area (Å²) in [4.78, 5) is 27.1. The molecule has 1 aliphatic rings. The molecule has 0 aromatic carbocycles. The van der Waals surface area contributed by atoms with Crippen LogP contribution >= 0.6 is 11.3 Å². The number of hydrogen-bond donors (Lipinski definition) is 0. The number of carbonyl (C=O) groups is 1. The fourth-order valence-electron chi connectivity index (χ4n) is 2.70. The van der Waals surface area contributed by atoms with Crippen LogP contribution in [0.4, 0.5) is 5.13 Å². The first-order valence-electron chi connectivity index (χ1n) is 7.89. The second kappa shape index (κ2) is 6.16. The van der Waals surface area contributed by atoms with Crippen molar-refractivity contribution in [3.63, 3.8) is 0 Å². The molecule has 1 aliphatic carbocycles. The topological polar surface area (TPSA) is 63.9 Å².